The van der Waals surface area contributed by atoms with E-state index in [4.69, 9.17) is 4.74 Å². The van der Waals surface area contributed by atoms with Crippen LogP contribution in [-0.4, -0.2) is 30.4 Å². The standard InChI is InChI=1S/C17H23NO2S/c1-11-5-12(2)7-13(6-11)9-21-10-17(19)18-15-8-16-14(15)3-4-20-16/h5-7,14-16H,3-4,8-10H2,1-2H3,(H,18,19)/t14-,15+,16+/m0/s1. The van der Waals surface area contributed by atoms with E-state index in [1.165, 1.54) is 16.7 Å². The fraction of sp³-hybridized carbons (Fsp3) is 0.588. The molecule has 21 heavy (non-hydrogen) atoms. The van der Waals surface area contributed by atoms with Crippen LogP contribution in [0.2, 0.25) is 0 Å². The molecule has 0 aromatic heterocycles. The van der Waals surface area contributed by atoms with Gasteiger partial charge in [0.2, 0.25) is 5.91 Å². The zero-order valence-corrected chi connectivity index (χ0v) is 13.5. The minimum absolute atomic E-state index is 0.166. The van der Waals surface area contributed by atoms with Crippen molar-refractivity contribution in [3.8, 4) is 0 Å². The molecule has 3 nitrogen and oxygen atoms in total. The van der Waals surface area contributed by atoms with Crippen LogP contribution in [0.5, 0.6) is 0 Å². The molecule has 1 aromatic carbocycles. The number of aryl methyl sites for hydroxylation is 2. The van der Waals surface area contributed by atoms with Crippen molar-refractivity contribution in [3.63, 3.8) is 0 Å². The number of hydrogen-bond donors (Lipinski definition) is 1. The van der Waals surface area contributed by atoms with E-state index in [0.29, 0.717) is 23.8 Å². The lowest BCUT2D eigenvalue weighted by Gasteiger charge is -2.39. The van der Waals surface area contributed by atoms with E-state index >= 15 is 0 Å². The second-order valence-corrected chi connectivity index (χ2v) is 7.25. The van der Waals surface area contributed by atoms with Gasteiger partial charge in [-0.2, -0.15) is 0 Å². The van der Waals surface area contributed by atoms with Crippen LogP contribution in [0.1, 0.15) is 29.5 Å². The highest BCUT2D eigenvalue weighted by Gasteiger charge is 2.45. The molecule has 1 saturated carbocycles. The van der Waals surface area contributed by atoms with Crippen LogP contribution in [0.15, 0.2) is 18.2 Å². The molecule has 1 aliphatic heterocycles. The molecule has 2 aliphatic rings. The molecule has 3 rings (SSSR count). The number of rotatable bonds is 5. The largest absolute Gasteiger partial charge is 0.378 e. The molecule has 0 spiro atoms. The molecule has 0 unspecified atom stereocenters. The SMILES string of the molecule is Cc1cc(C)cc(CSCC(=O)N[C@@H]2C[C@H]3OCC[C@@H]23)c1. The van der Waals surface area contributed by atoms with E-state index in [9.17, 15) is 4.79 Å². The van der Waals surface area contributed by atoms with Crippen LogP contribution in [0, 0.1) is 19.8 Å². The summed E-state index contributed by atoms with van der Waals surface area (Å²) in [5.74, 6) is 2.18. The van der Waals surface area contributed by atoms with Gasteiger partial charge in [0.05, 0.1) is 11.9 Å². The molecule has 1 amide bonds. The number of nitrogens with one attached hydrogen (secondary N) is 1. The van der Waals surface area contributed by atoms with Gasteiger partial charge in [0, 0.05) is 24.3 Å². The van der Waals surface area contributed by atoms with Gasteiger partial charge in [-0.1, -0.05) is 29.3 Å². The first-order valence-electron chi connectivity index (χ1n) is 7.68. The minimum atomic E-state index is 0.166. The van der Waals surface area contributed by atoms with E-state index in [2.05, 4.69) is 37.4 Å². The predicted molar refractivity (Wildman–Crippen MR) is 86.5 cm³/mol. The van der Waals surface area contributed by atoms with Crippen molar-refractivity contribution in [2.24, 2.45) is 5.92 Å². The van der Waals surface area contributed by atoms with Crippen LogP contribution in [0.3, 0.4) is 0 Å². The maximum Gasteiger partial charge on any atom is 0.230 e. The molecule has 0 bridgehead atoms. The lowest BCUT2D eigenvalue weighted by Crippen LogP contribution is -2.53. The summed E-state index contributed by atoms with van der Waals surface area (Å²) < 4.78 is 5.57. The van der Waals surface area contributed by atoms with Crippen molar-refractivity contribution in [2.75, 3.05) is 12.4 Å². The first-order valence-corrected chi connectivity index (χ1v) is 8.83. The zero-order chi connectivity index (χ0) is 14.8. The average molecular weight is 305 g/mol. The molecule has 1 N–H and O–H groups in total. The Hall–Kier alpha value is -1.00. The highest BCUT2D eigenvalue weighted by atomic mass is 32.2. The lowest BCUT2D eigenvalue weighted by molar-refractivity contribution is -0.121. The number of thioether (sulfide) groups is 1. The molecule has 3 atom stereocenters. The number of benzene rings is 1. The Morgan fingerprint density at radius 2 is 2.10 bits per heavy atom. The van der Waals surface area contributed by atoms with Gasteiger partial charge in [0.25, 0.3) is 0 Å². The summed E-state index contributed by atoms with van der Waals surface area (Å²) >= 11 is 1.69. The third-order valence-electron chi connectivity index (χ3n) is 4.39. The van der Waals surface area contributed by atoms with E-state index < -0.39 is 0 Å². The average Bonchev–Trinajstić information content (AvgIpc) is 2.76. The summed E-state index contributed by atoms with van der Waals surface area (Å²) in [7, 11) is 0. The minimum Gasteiger partial charge on any atom is -0.378 e. The van der Waals surface area contributed by atoms with Crippen LogP contribution >= 0.6 is 11.8 Å². The second kappa shape index (κ2) is 6.41. The van der Waals surface area contributed by atoms with Crippen LogP contribution in [-0.2, 0) is 15.3 Å². The monoisotopic (exact) mass is 305 g/mol. The molecule has 114 valence electrons. The Morgan fingerprint density at radius 1 is 1.33 bits per heavy atom. The fourth-order valence-corrected chi connectivity index (χ4v) is 4.20. The Bertz CT molecular complexity index is 511. The van der Waals surface area contributed by atoms with Gasteiger partial charge in [0.1, 0.15) is 0 Å². The lowest BCUT2D eigenvalue weighted by atomic mass is 9.76. The Balaban J connectivity index is 1.40. The Morgan fingerprint density at radius 3 is 2.81 bits per heavy atom. The first kappa shape index (κ1) is 14.9. The van der Waals surface area contributed by atoms with E-state index in [0.717, 1.165) is 25.2 Å². The predicted octanol–water partition coefficient (Wildman–Crippen LogP) is 2.83. The summed E-state index contributed by atoms with van der Waals surface area (Å²) in [4.78, 5) is 12.0. The van der Waals surface area contributed by atoms with Crippen molar-refractivity contribution in [1.29, 1.82) is 0 Å². The van der Waals surface area contributed by atoms with Gasteiger partial charge in [-0.3, -0.25) is 4.79 Å². The third kappa shape index (κ3) is 3.61. The molecule has 1 aliphatic carbocycles. The van der Waals surface area contributed by atoms with E-state index in [-0.39, 0.29) is 5.91 Å². The summed E-state index contributed by atoms with van der Waals surface area (Å²) in [6.45, 7) is 5.10. The third-order valence-corrected chi connectivity index (χ3v) is 5.40. The van der Waals surface area contributed by atoms with Gasteiger partial charge in [-0.05, 0) is 32.3 Å². The zero-order valence-electron chi connectivity index (χ0n) is 12.7. The van der Waals surface area contributed by atoms with Crippen LogP contribution < -0.4 is 5.32 Å². The highest BCUT2D eigenvalue weighted by molar-refractivity contribution is 7.99. The van der Waals surface area contributed by atoms with Gasteiger partial charge >= 0.3 is 0 Å². The van der Waals surface area contributed by atoms with Gasteiger partial charge < -0.3 is 10.1 Å². The topological polar surface area (TPSA) is 38.3 Å². The maximum atomic E-state index is 12.0. The smallest absolute Gasteiger partial charge is 0.230 e. The van der Waals surface area contributed by atoms with Crippen LogP contribution in [0.25, 0.3) is 0 Å². The van der Waals surface area contributed by atoms with Crippen molar-refractivity contribution < 1.29 is 9.53 Å². The van der Waals surface area contributed by atoms with Gasteiger partial charge in [-0.15, -0.1) is 11.8 Å². The maximum absolute atomic E-state index is 12.0. The number of amides is 1. The first-order chi connectivity index (χ1) is 10.1. The Labute approximate surface area is 130 Å². The molecular formula is C17H23NO2S. The number of ether oxygens (including phenoxy) is 1. The van der Waals surface area contributed by atoms with Gasteiger partial charge in [0.15, 0.2) is 0 Å². The number of carbonyl (C=O) groups excluding carboxylic acids is 1. The molecule has 1 heterocycles. The van der Waals surface area contributed by atoms with Crippen molar-refractivity contribution >= 4 is 17.7 Å². The van der Waals surface area contributed by atoms with E-state index in [1.807, 2.05) is 0 Å². The van der Waals surface area contributed by atoms with E-state index in [1.54, 1.807) is 11.8 Å². The number of fused-ring (bicyclic) bond motifs is 1. The van der Waals surface area contributed by atoms with Crippen molar-refractivity contribution in [3.05, 3.63) is 34.9 Å². The van der Waals surface area contributed by atoms with Crippen molar-refractivity contribution in [1.82, 2.24) is 5.32 Å². The molecular weight excluding hydrogens is 282 g/mol. The summed E-state index contributed by atoms with van der Waals surface area (Å²) in [5, 5.41) is 3.16. The molecule has 2 fully saturated rings. The molecule has 1 saturated heterocycles. The Kier molecular flexibility index (Phi) is 4.55. The molecule has 0 radical (unpaired) electrons. The van der Waals surface area contributed by atoms with Gasteiger partial charge in [-0.25, -0.2) is 0 Å². The van der Waals surface area contributed by atoms with Crippen LogP contribution in [0.4, 0.5) is 0 Å². The number of carbonyl (C=O) groups is 1. The quantitative estimate of drug-likeness (QED) is 0.909. The summed E-state index contributed by atoms with van der Waals surface area (Å²) in [6.07, 6.45) is 2.52. The molecule has 1 aromatic rings. The fourth-order valence-electron chi connectivity index (χ4n) is 3.43. The second-order valence-electron chi connectivity index (χ2n) is 6.26. The normalized spacial score (nSPS) is 27.0. The summed E-state index contributed by atoms with van der Waals surface area (Å²) in [5.41, 5.74) is 3.88. The number of hydrogen-bond acceptors (Lipinski definition) is 3. The van der Waals surface area contributed by atoms with Crippen molar-refractivity contribution in [2.45, 2.75) is 44.6 Å². The molecule has 4 heteroatoms. The summed E-state index contributed by atoms with van der Waals surface area (Å²) in [6, 6.07) is 6.93. The highest BCUT2D eigenvalue weighted by Crippen LogP contribution is 2.38.